The smallest absolute Gasteiger partial charge is 0.157 e. The van der Waals surface area contributed by atoms with Crippen LogP contribution in [0.1, 0.15) is 18.7 Å². The van der Waals surface area contributed by atoms with Crippen molar-refractivity contribution in [2.75, 3.05) is 0 Å². The Morgan fingerprint density at radius 3 is 2.73 bits per heavy atom. The molecule has 0 aliphatic heterocycles. The summed E-state index contributed by atoms with van der Waals surface area (Å²) < 4.78 is 0.302. The van der Waals surface area contributed by atoms with E-state index in [1.165, 1.54) is 4.88 Å². The quantitative estimate of drug-likeness (QED) is 0.455. The van der Waals surface area contributed by atoms with Crippen LogP contribution in [0.2, 0.25) is 0 Å². The molecule has 0 saturated carbocycles. The first-order chi connectivity index (χ1) is 4.97. The van der Waals surface area contributed by atoms with Crippen LogP contribution in [0.4, 0.5) is 0 Å². The monoisotopic (exact) mass is 277 g/mol. The van der Waals surface area contributed by atoms with E-state index in [0.717, 1.165) is 6.42 Å². The van der Waals surface area contributed by atoms with E-state index in [2.05, 4.69) is 41.4 Å². The number of alkyl halides is 1. The van der Waals surface area contributed by atoms with Crippen molar-refractivity contribution in [2.45, 2.75) is 23.7 Å². The normalized spacial score (nSPS) is 11.9. The largest absolute Gasteiger partial charge is 0.261 e. The van der Waals surface area contributed by atoms with Gasteiger partial charge in [0.1, 0.15) is 0 Å². The van der Waals surface area contributed by atoms with Crippen LogP contribution in [0.15, 0.2) is 6.20 Å². The van der Waals surface area contributed by atoms with Crippen LogP contribution in [-0.2, 0) is 6.42 Å². The lowest BCUT2D eigenvalue weighted by Crippen LogP contribution is -2.11. The summed E-state index contributed by atoms with van der Waals surface area (Å²) in [6.45, 7) is 4.40. The molecule has 1 aromatic heterocycles. The second-order valence-corrected chi connectivity index (χ2v) is 7.13. The van der Waals surface area contributed by atoms with Crippen molar-refractivity contribution < 1.29 is 0 Å². The summed E-state index contributed by atoms with van der Waals surface area (Å²) in [4.78, 5) is 5.93. The SMILES string of the molecule is [B]c1ncc(CC(C)(C)I)s1. The van der Waals surface area contributed by atoms with E-state index in [9.17, 15) is 0 Å². The van der Waals surface area contributed by atoms with Gasteiger partial charge < -0.3 is 0 Å². The van der Waals surface area contributed by atoms with Crippen LogP contribution in [0.25, 0.3) is 0 Å². The van der Waals surface area contributed by atoms with E-state index < -0.39 is 0 Å². The zero-order chi connectivity index (χ0) is 8.48. The fraction of sp³-hybridized carbons (Fsp3) is 0.571. The van der Waals surface area contributed by atoms with Crippen LogP contribution in [0.3, 0.4) is 0 Å². The maximum Gasteiger partial charge on any atom is 0.157 e. The second-order valence-electron chi connectivity index (χ2n) is 3.06. The molecule has 0 aliphatic rings. The van der Waals surface area contributed by atoms with Gasteiger partial charge in [0.2, 0.25) is 0 Å². The van der Waals surface area contributed by atoms with Gasteiger partial charge in [0.25, 0.3) is 0 Å². The Balaban J connectivity index is 2.65. The van der Waals surface area contributed by atoms with Crippen LogP contribution in [-0.4, -0.2) is 16.3 Å². The van der Waals surface area contributed by atoms with Gasteiger partial charge in [0, 0.05) is 19.4 Å². The molecule has 0 saturated heterocycles. The minimum Gasteiger partial charge on any atom is -0.261 e. The van der Waals surface area contributed by atoms with Crippen molar-refractivity contribution >= 4 is 46.7 Å². The van der Waals surface area contributed by atoms with Crippen LogP contribution >= 0.6 is 33.9 Å². The molecule has 1 rings (SSSR count). The fourth-order valence-electron chi connectivity index (χ4n) is 0.819. The number of halogens is 1. The average molecular weight is 277 g/mol. The predicted octanol–water partition coefficient (Wildman–Crippen LogP) is 1.69. The Morgan fingerprint density at radius 2 is 2.36 bits per heavy atom. The van der Waals surface area contributed by atoms with E-state index >= 15 is 0 Å². The topological polar surface area (TPSA) is 12.9 Å². The molecule has 0 unspecified atom stereocenters. The molecular formula is C7H9BINS. The lowest BCUT2D eigenvalue weighted by Gasteiger charge is -2.13. The number of hydrogen-bond donors (Lipinski definition) is 0. The predicted molar refractivity (Wildman–Crippen MR) is 59.3 cm³/mol. The summed E-state index contributed by atoms with van der Waals surface area (Å²) >= 11 is 4.00. The molecule has 0 aliphatic carbocycles. The Morgan fingerprint density at radius 1 is 1.73 bits per heavy atom. The highest BCUT2D eigenvalue weighted by molar-refractivity contribution is 14.1. The lowest BCUT2D eigenvalue weighted by atomic mass is 10.1. The van der Waals surface area contributed by atoms with Gasteiger partial charge in [-0.25, -0.2) is 0 Å². The zero-order valence-electron chi connectivity index (χ0n) is 6.60. The zero-order valence-corrected chi connectivity index (χ0v) is 9.57. The highest BCUT2D eigenvalue weighted by atomic mass is 127. The molecule has 4 heteroatoms. The first kappa shape index (κ1) is 9.51. The van der Waals surface area contributed by atoms with Gasteiger partial charge in [-0.3, -0.25) is 4.98 Å². The first-order valence-electron chi connectivity index (χ1n) is 3.36. The van der Waals surface area contributed by atoms with Crippen molar-refractivity contribution in [2.24, 2.45) is 0 Å². The molecule has 1 aromatic rings. The minimum absolute atomic E-state index is 0.302. The second kappa shape index (κ2) is 3.43. The highest BCUT2D eigenvalue weighted by Gasteiger charge is 2.14. The third kappa shape index (κ3) is 3.56. The van der Waals surface area contributed by atoms with E-state index in [4.69, 9.17) is 7.85 Å². The van der Waals surface area contributed by atoms with Crippen molar-refractivity contribution in [3.63, 3.8) is 0 Å². The molecule has 0 spiro atoms. The molecule has 0 N–H and O–H groups in total. The summed E-state index contributed by atoms with van der Waals surface area (Å²) in [5.74, 6) is 0. The Hall–Kier alpha value is 0.425. The van der Waals surface area contributed by atoms with Gasteiger partial charge in [0.05, 0.1) is 0 Å². The lowest BCUT2D eigenvalue weighted by molar-refractivity contribution is 0.752. The molecule has 58 valence electrons. The van der Waals surface area contributed by atoms with Crippen molar-refractivity contribution in [1.29, 1.82) is 0 Å². The molecule has 0 aromatic carbocycles. The molecule has 0 atom stereocenters. The van der Waals surface area contributed by atoms with E-state index in [1.807, 2.05) is 6.20 Å². The Labute approximate surface area is 86.2 Å². The molecule has 0 bridgehead atoms. The standard InChI is InChI=1S/C7H9BINS/c1-7(2,9)3-5-4-10-6(8)11-5/h4H,3H2,1-2H3. The molecule has 11 heavy (non-hydrogen) atoms. The maximum atomic E-state index is 5.50. The number of thiazole rings is 1. The van der Waals surface area contributed by atoms with Gasteiger partial charge >= 0.3 is 0 Å². The average Bonchev–Trinajstić information content (AvgIpc) is 2.10. The summed E-state index contributed by atoms with van der Waals surface area (Å²) in [5.41, 5.74) is 0. The van der Waals surface area contributed by atoms with E-state index in [0.29, 0.717) is 8.33 Å². The maximum absolute atomic E-state index is 5.50. The van der Waals surface area contributed by atoms with Gasteiger partial charge in [-0.05, 0) is 6.42 Å². The van der Waals surface area contributed by atoms with Crippen LogP contribution in [0.5, 0.6) is 0 Å². The van der Waals surface area contributed by atoms with Crippen LogP contribution in [0, 0.1) is 0 Å². The van der Waals surface area contributed by atoms with Crippen molar-refractivity contribution in [3.8, 4) is 0 Å². The highest BCUT2D eigenvalue weighted by Crippen LogP contribution is 2.23. The number of rotatable bonds is 2. The molecule has 1 heterocycles. The first-order valence-corrected chi connectivity index (χ1v) is 5.26. The summed E-state index contributed by atoms with van der Waals surface area (Å²) in [7, 11) is 5.50. The summed E-state index contributed by atoms with van der Waals surface area (Å²) in [5, 5.41) is 0. The molecule has 1 nitrogen and oxygen atoms in total. The summed E-state index contributed by atoms with van der Waals surface area (Å²) in [6, 6.07) is 0. The van der Waals surface area contributed by atoms with E-state index in [-0.39, 0.29) is 0 Å². The van der Waals surface area contributed by atoms with E-state index in [1.54, 1.807) is 11.3 Å². The Kier molecular flexibility index (Phi) is 2.97. The molecule has 0 amide bonds. The molecule has 0 fully saturated rings. The number of hydrogen-bond acceptors (Lipinski definition) is 2. The number of aromatic nitrogens is 1. The molecular weight excluding hydrogens is 268 g/mol. The van der Waals surface area contributed by atoms with Gasteiger partial charge in [-0.1, -0.05) is 36.4 Å². The van der Waals surface area contributed by atoms with Gasteiger partial charge in [-0.15, -0.1) is 11.3 Å². The van der Waals surface area contributed by atoms with Gasteiger partial charge in [0.15, 0.2) is 7.85 Å². The number of nitrogens with zero attached hydrogens (tertiary/aromatic N) is 1. The van der Waals surface area contributed by atoms with Crippen molar-refractivity contribution in [1.82, 2.24) is 4.98 Å². The minimum atomic E-state index is 0.302. The fourth-order valence-corrected chi connectivity index (χ4v) is 2.40. The Bertz CT molecular complexity index is 241. The summed E-state index contributed by atoms with van der Waals surface area (Å²) in [6.07, 6.45) is 2.91. The van der Waals surface area contributed by atoms with Gasteiger partial charge in [-0.2, -0.15) is 0 Å². The van der Waals surface area contributed by atoms with Crippen LogP contribution < -0.4 is 4.91 Å². The van der Waals surface area contributed by atoms with Crippen molar-refractivity contribution in [3.05, 3.63) is 11.1 Å². The third-order valence-electron chi connectivity index (χ3n) is 1.17. The third-order valence-corrected chi connectivity index (χ3v) is 2.37. The molecule has 2 radical (unpaired) electrons.